The van der Waals surface area contributed by atoms with Gasteiger partial charge in [-0.3, -0.25) is 0 Å². The van der Waals surface area contributed by atoms with Crippen LogP contribution in [0.3, 0.4) is 0 Å². The van der Waals surface area contributed by atoms with E-state index in [2.05, 4.69) is 5.32 Å². The molecule has 5 nitrogen and oxygen atoms in total. The second-order valence-electron chi connectivity index (χ2n) is 6.06. The van der Waals surface area contributed by atoms with Crippen LogP contribution in [0.15, 0.2) is 18.2 Å². The van der Waals surface area contributed by atoms with Crippen LogP contribution >= 0.6 is 0 Å². The van der Waals surface area contributed by atoms with E-state index >= 15 is 0 Å². The molecule has 0 radical (unpaired) electrons. The fourth-order valence-electron chi connectivity index (χ4n) is 2.00. The molecule has 118 valence electrons. The van der Waals surface area contributed by atoms with Crippen molar-refractivity contribution in [3.63, 3.8) is 0 Å². The number of carbonyl (C=O) groups excluding carboxylic acids is 1. The highest BCUT2D eigenvalue weighted by molar-refractivity contribution is 5.67. The molecule has 0 bridgehead atoms. The zero-order valence-electron chi connectivity index (χ0n) is 13.5. The molecule has 0 aliphatic heterocycles. The lowest BCUT2D eigenvalue weighted by molar-refractivity contribution is 0.0524. The van der Waals surface area contributed by atoms with Crippen molar-refractivity contribution in [1.29, 1.82) is 0 Å². The molecule has 0 aliphatic carbocycles. The SMILES string of the molecule is COc1cc(C)ccc1C(CN)CNC(=O)OC(C)(C)C. The van der Waals surface area contributed by atoms with Crippen LogP contribution in [-0.4, -0.2) is 31.9 Å². The third-order valence-electron chi connectivity index (χ3n) is 3.01. The van der Waals surface area contributed by atoms with E-state index in [0.717, 1.165) is 16.9 Å². The lowest BCUT2D eigenvalue weighted by atomic mass is 9.97. The number of ether oxygens (including phenoxy) is 2. The van der Waals surface area contributed by atoms with E-state index in [1.807, 2.05) is 45.9 Å². The summed E-state index contributed by atoms with van der Waals surface area (Å²) in [6.45, 7) is 8.31. The smallest absolute Gasteiger partial charge is 0.407 e. The average molecular weight is 294 g/mol. The van der Waals surface area contributed by atoms with Crippen LogP contribution in [0.4, 0.5) is 4.79 Å². The fraction of sp³-hybridized carbons (Fsp3) is 0.562. The van der Waals surface area contributed by atoms with E-state index < -0.39 is 11.7 Å². The second kappa shape index (κ2) is 7.31. The zero-order valence-corrected chi connectivity index (χ0v) is 13.5. The third kappa shape index (κ3) is 5.63. The number of hydrogen-bond donors (Lipinski definition) is 2. The summed E-state index contributed by atoms with van der Waals surface area (Å²) in [7, 11) is 1.63. The largest absolute Gasteiger partial charge is 0.496 e. The molecule has 0 saturated heterocycles. The predicted octanol–water partition coefficient (Wildman–Crippen LogP) is 2.57. The third-order valence-corrected chi connectivity index (χ3v) is 3.01. The van der Waals surface area contributed by atoms with Gasteiger partial charge in [0.1, 0.15) is 11.4 Å². The number of carbonyl (C=O) groups is 1. The van der Waals surface area contributed by atoms with Gasteiger partial charge < -0.3 is 20.5 Å². The highest BCUT2D eigenvalue weighted by Crippen LogP contribution is 2.27. The Morgan fingerprint density at radius 3 is 2.57 bits per heavy atom. The van der Waals surface area contributed by atoms with Gasteiger partial charge in [-0.05, 0) is 39.3 Å². The van der Waals surface area contributed by atoms with E-state index in [4.69, 9.17) is 15.2 Å². The Bertz CT molecular complexity index is 481. The number of nitrogens with one attached hydrogen (secondary N) is 1. The summed E-state index contributed by atoms with van der Waals surface area (Å²) in [5.41, 5.74) is 7.43. The molecule has 1 aromatic carbocycles. The first kappa shape index (κ1) is 17.3. The lowest BCUT2D eigenvalue weighted by Gasteiger charge is -2.22. The van der Waals surface area contributed by atoms with Crippen LogP contribution in [-0.2, 0) is 4.74 Å². The van der Waals surface area contributed by atoms with Crippen molar-refractivity contribution >= 4 is 6.09 Å². The summed E-state index contributed by atoms with van der Waals surface area (Å²) in [5, 5.41) is 2.76. The van der Waals surface area contributed by atoms with Crippen molar-refractivity contribution in [3.8, 4) is 5.75 Å². The molecule has 1 aromatic rings. The Morgan fingerprint density at radius 2 is 2.05 bits per heavy atom. The Morgan fingerprint density at radius 1 is 1.38 bits per heavy atom. The summed E-state index contributed by atoms with van der Waals surface area (Å²) in [4.78, 5) is 11.7. The molecular formula is C16H26N2O3. The highest BCUT2D eigenvalue weighted by Gasteiger charge is 2.19. The van der Waals surface area contributed by atoms with Gasteiger partial charge in [-0.2, -0.15) is 0 Å². The maximum Gasteiger partial charge on any atom is 0.407 e. The van der Waals surface area contributed by atoms with Crippen molar-refractivity contribution in [2.75, 3.05) is 20.2 Å². The van der Waals surface area contributed by atoms with Gasteiger partial charge in [-0.1, -0.05) is 12.1 Å². The number of hydrogen-bond acceptors (Lipinski definition) is 4. The zero-order chi connectivity index (χ0) is 16.0. The van der Waals surface area contributed by atoms with Gasteiger partial charge in [0.05, 0.1) is 7.11 Å². The van der Waals surface area contributed by atoms with Crippen molar-refractivity contribution in [3.05, 3.63) is 29.3 Å². The molecule has 3 N–H and O–H groups in total. The monoisotopic (exact) mass is 294 g/mol. The molecule has 5 heteroatoms. The van der Waals surface area contributed by atoms with Crippen LogP contribution in [0.25, 0.3) is 0 Å². The minimum absolute atomic E-state index is 0.0203. The molecule has 0 aromatic heterocycles. The van der Waals surface area contributed by atoms with E-state index in [0.29, 0.717) is 13.1 Å². The number of amides is 1. The first-order valence-electron chi connectivity index (χ1n) is 7.08. The molecule has 0 aliphatic rings. The quantitative estimate of drug-likeness (QED) is 0.875. The van der Waals surface area contributed by atoms with Gasteiger partial charge in [-0.25, -0.2) is 4.79 Å². The van der Waals surface area contributed by atoms with E-state index in [-0.39, 0.29) is 5.92 Å². The molecule has 0 spiro atoms. The van der Waals surface area contributed by atoms with Crippen LogP contribution < -0.4 is 15.8 Å². The first-order valence-corrected chi connectivity index (χ1v) is 7.08. The molecule has 1 amide bonds. The molecule has 0 heterocycles. The molecule has 0 fully saturated rings. The average Bonchev–Trinajstić information content (AvgIpc) is 2.38. The Labute approximate surface area is 126 Å². The topological polar surface area (TPSA) is 73.6 Å². The van der Waals surface area contributed by atoms with Gasteiger partial charge in [0.15, 0.2) is 0 Å². The maximum atomic E-state index is 11.7. The molecule has 0 saturated carbocycles. The minimum atomic E-state index is -0.510. The van der Waals surface area contributed by atoms with Crippen LogP contribution in [0.5, 0.6) is 5.75 Å². The van der Waals surface area contributed by atoms with E-state index in [1.54, 1.807) is 7.11 Å². The van der Waals surface area contributed by atoms with Gasteiger partial charge >= 0.3 is 6.09 Å². The summed E-state index contributed by atoms with van der Waals surface area (Å²) in [6, 6.07) is 5.96. The van der Waals surface area contributed by atoms with Crippen LogP contribution in [0.2, 0.25) is 0 Å². The van der Waals surface area contributed by atoms with Gasteiger partial charge in [0.2, 0.25) is 0 Å². The summed E-state index contributed by atoms with van der Waals surface area (Å²) in [5.74, 6) is 0.768. The Kier molecular flexibility index (Phi) is 6.03. The maximum absolute atomic E-state index is 11.7. The van der Waals surface area contributed by atoms with Gasteiger partial charge in [0, 0.05) is 24.6 Å². The lowest BCUT2D eigenvalue weighted by Crippen LogP contribution is -2.36. The minimum Gasteiger partial charge on any atom is -0.496 e. The number of benzene rings is 1. The first-order chi connectivity index (χ1) is 9.76. The summed E-state index contributed by atoms with van der Waals surface area (Å²) in [6.07, 6.45) is -0.438. The van der Waals surface area contributed by atoms with Crippen molar-refractivity contribution in [1.82, 2.24) is 5.32 Å². The molecule has 1 atom stereocenters. The molecule has 21 heavy (non-hydrogen) atoms. The standard InChI is InChI=1S/C16H26N2O3/c1-11-6-7-13(14(8-11)20-5)12(9-17)10-18-15(19)21-16(2,3)4/h6-8,12H,9-10,17H2,1-5H3,(H,18,19). The van der Waals surface area contributed by atoms with Crippen LogP contribution in [0, 0.1) is 6.92 Å². The number of rotatable bonds is 5. The summed E-state index contributed by atoms with van der Waals surface area (Å²) < 4.78 is 10.6. The Balaban J connectivity index is 2.74. The van der Waals surface area contributed by atoms with Crippen molar-refractivity contribution < 1.29 is 14.3 Å². The van der Waals surface area contributed by atoms with E-state index in [1.165, 1.54) is 0 Å². The van der Waals surface area contributed by atoms with Gasteiger partial charge in [0.25, 0.3) is 0 Å². The predicted molar refractivity (Wildman–Crippen MR) is 83.8 cm³/mol. The van der Waals surface area contributed by atoms with Crippen molar-refractivity contribution in [2.24, 2.45) is 5.73 Å². The molecule has 1 unspecified atom stereocenters. The number of alkyl carbamates (subject to hydrolysis) is 1. The number of nitrogens with two attached hydrogens (primary N) is 1. The number of methoxy groups -OCH3 is 1. The summed E-state index contributed by atoms with van der Waals surface area (Å²) >= 11 is 0. The highest BCUT2D eigenvalue weighted by atomic mass is 16.6. The van der Waals surface area contributed by atoms with Gasteiger partial charge in [-0.15, -0.1) is 0 Å². The number of aryl methyl sites for hydroxylation is 1. The fourth-order valence-corrected chi connectivity index (χ4v) is 2.00. The van der Waals surface area contributed by atoms with E-state index in [9.17, 15) is 4.79 Å². The normalized spacial score (nSPS) is 12.7. The Hall–Kier alpha value is -1.75. The van der Waals surface area contributed by atoms with Crippen LogP contribution in [0.1, 0.15) is 37.8 Å². The molecular weight excluding hydrogens is 268 g/mol. The van der Waals surface area contributed by atoms with Crippen molar-refractivity contribution in [2.45, 2.75) is 39.2 Å². The second-order valence-corrected chi connectivity index (χ2v) is 6.06. The molecule has 1 rings (SSSR count).